The van der Waals surface area contributed by atoms with Crippen LogP contribution >= 0.6 is 0 Å². The van der Waals surface area contributed by atoms with Crippen molar-refractivity contribution in [3.8, 4) is 0 Å². The molecule has 0 spiro atoms. The normalized spacial score (nSPS) is 42.5. The first-order valence-corrected chi connectivity index (χ1v) is 5.20. The van der Waals surface area contributed by atoms with E-state index >= 15 is 0 Å². The first-order valence-electron chi connectivity index (χ1n) is 5.20. The Kier molecular flexibility index (Phi) is 1.61. The van der Waals surface area contributed by atoms with Crippen LogP contribution in [0.5, 0.6) is 0 Å². The highest BCUT2D eigenvalue weighted by Gasteiger charge is 2.50. The molecule has 1 saturated heterocycles. The van der Waals surface area contributed by atoms with Gasteiger partial charge in [0.05, 0.1) is 0 Å². The molecule has 12 heavy (non-hydrogen) atoms. The van der Waals surface area contributed by atoms with E-state index in [9.17, 15) is 0 Å². The molecule has 2 fully saturated rings. The van der Waals surface area contributed by atoms with Crippen molar-refractivity contribution in [1.29, 1.82) is 0 Å². The average molecular weight is 167 g/mol. The minimum Gasteiger partial charge on any atom is -0.293 e. The third-order valence-corrected chi connectivity index (χ3v) is 3.72. The van der Waals surface area contributed by atoms with Gasteiger partial charge in [-0.25, -0.2) is 0 Å². The SMILES string of the molecule is CC(C)(C)N1CC2CC[C@]1(C)C2. The molecule has 2 aliphatic rings. The number of likely N-dealkylation sites (tertiary alicyclic amines) is 1. The van der Waals surface area contributed by atoms with Crippen LogP contribution in [-0.4, -0.2) is 22.5 Å². The Labute approximate surface area is 76.1 Å². The lowest BCUT2D eigenvalue weighted by Crippen LogP contribution is -2.52. The van der Waals surface area contributed by atoms with Crippen molar-refractivity contribution in [3.63, 3.8) is 0 Å². The fourth-order valence-corrected chi connectivity index (χ4v) is 3.30. The molecule has 1 heteroatoms. The van der Waals surface area contributed by atoms with Gasteiger partial charge in [0.25, 0.3) is 0 Å². The van der Waals surface area contributed by atoms with E-state index in [1.54, 1.807) is 0 Å². The van der Waals surface area contributed by atoms with Gasteiger partial charge in [-0.1, -0.05) is 0 Å². The van der Waals surface area contributed by atoms with Gasteiger partial charge in [0.2, 0.25) is 0 Å². The highest BCUT2D eigenvalue weighted by atomic mass is 15.3. The highest BCUT2D eigenvalue weighted by molar-refractivity contribution is 5.05. The molecule has 1 nitrogen and oxygen atoms in total. The van der Waals surface area contributed by atoms with Gasteiger partial charge in [0.15, 0.2) is 0 Å². The molecule has 1 aliphatic heterocycles. The first kappa shape index (κ1) is 8.55. The monoisotopic (exact) mass is 167 g/mol. The van der Waals surface area contributed by atoms with Crippen molar-refractivity contribution in [3.05, 3.63) is 0 Å². The van der Waals surface area contributed by atoms with Crippen LogP contribution in [0.25, 0.3) is 0 Å². The summed E-state index contributed by atoms with van der Waals surface area (Å²) in [5, 5.41) is 0. The highest BCUT2D eigenvalue weighted by Crippen LogP contribution is 2.48. The fourth-order valence-electron chi connectivity index (χ4n) is 3.30. The molecule has 70 valence electrons. The Morgan fingerprint density at radius 3 is 2.25 bits per heavy atom. The van der Waals surface area contributed by atoms with Crippen LogP contribution < -0.4 is 0 Å². The summed E-state index contributed by atoms with van der Waals surface area (Å²) < 4.78 is 0. The Morgan fingerprint density at radius 2 is 2.00 bits per heavy atom. The molecule has 1 heterocycles. The zero-order valence-corrected chi connectivity index (χ0v) is 8.85. The summed E-state index contributed by atoms with van der Waals surface area (Å²) in [6.07, 6.45) is 4.35. The average Bonchev–Trinajstić information content (AvgIpc) is 2.39. The molecule has 1 unspecified atom stereocenters. The van der Waals surface area contributed by atoms with Crippen LogP contribution in [0, 0.1) is 5.92 Å². The Hall–Kier alpha value is -0.0400. The second kappa shape index (κ2) is 2.25. The number of piperidine rings is 1. The lowest BCUT2D eigenvalue weighted by atomic mass is 9.93. The third-order valence-electron chi connectivity index (χ3n) is 3.72. The van der Waals surface area contributed by atoms with Crippen LogP contribution in [0.15, 0.2) is 0 Å². The third kappa shape index (κ3) is 1.10. The summed E-state index contributed by atoms with van der Waals surface area (Å²) in [6, 6.07) is 0. The summed E-state index contributed by atoms with van der Waals surface area (Å²) in [7, 11) is 0. The summed E-state index contributed by atoms with van der Waals surface area (Å²) in [5.41, 5.74) is 0.923. The van der Waals surface area contributed by atoms with Crippen LogP contribution in [0.3, 0.4) is 0 Å². The lowest BCUT2D eigenvalue weighted by Gasteiger charge is -2.45. The largest absolute Gasteiger partial charge is 0.293 e. The predicted molar refractivity (Wildman–Crippen MR) is 52.2 cm³/mol. The van der Waals surface area contributed by atoms with Crippen molar-refractivity contribution in [2.45, 2.75) is 58.0 Å². The molecule has 2 rings (SSSR count). The fraction of sp³-hybridized carbons (Fsp3) is 1.00. The number of fused-ring (bicyclic) bond motifs is 2. The molecule has 0 aromatic rings. The van der Waals surface area contributed by atoms with E-state index in [0.29, 0.717) is 11.1 Å². The lowest BCUT2D eigenvalue weighted by molar-refractivity contribution is 0.0379. The molecule has 2 bridgehead atoms. The van der Waals surface area contributed by atoms with E-state index in [2.05, 4.69) is 32.6 Å². The Balaban J connectivity index is 2.20. The minimum atomic E-state index is 0.379. The van der Waals surface area contributed by atoms with Crippen LogP contribution in [0.4, 0.5) is 0 Å². The number of hydrogen-bond donors (Lipinski definition) is 0. The molecular weight excluding hydrogens is 146 g/mol. The molecule has 0 amide bonds. The molecule has 0 radical (unpaired) electrons. The van der Waals surface area contributed by atoms with E-state index in [0.717, 1.165) is 5.92 Å². The standard InChI is InChI=1S/C11H21N/c1-10(2,3)12-8-9-5-6-11(12,4)7-9/h9H,5-8H2,1-4H3/t9?,11-/m1/s1. The summed E-state index contributed by atoms with van der Waals surface area (Å²) in [5.74, 6) is 1.01. The minimum absolute atomic E-state index is 0.379. The van der Waals surface area contributed by atoms with Crippen molar-refractivity contribution >= 4 is 0 Å². The van der Waals surface area contributed by atoms with Gasteiger partial charge in [0.1, 0.15) is 0 Å². The van der Waals surface area contributed by atoms with Crippen molar-refractivity contribution in [2.24, 2.45) is 5.92 Å². The van der Waals surface area contributed by atoms with E-state index in [1.165, 1.54) is 25.8 Å². The number of rotatable bonds is 0. The van der Waals surface area contributed by atoms with Gasteiger partial charge in [-0.3, -0.25) is 4.90 Å². The van der Waals surface area contributed by atoms with Crippen LogP contribution in [0.2, 0.25) is 0 Å². The van der Waals surface area contributed by atoms with Crippen molar-refractivity contribution in [2.75, 3.05) is 6.54 Å². The molecular formula is C11H21N. The number of hydrogen-bond acceptors (Lipinski definition) is 1. The van der Waals surface area contributed by atoms with Gasteiger partial charge < -0.3 is 0 Å². The van der Waals surface area contributed by atoms with E-state index in [1.807, 2.05) is 0 Å². The van der Waals surface area contributed by atoms with E-state index in [-0.39, 0.29) is 0 Å². The van der Waals surface area contributed by atoms with Gasteiger partial charge in [-0.05, 0) is 52.9 Å². The maximum Gasteiger partial charge on any atom is 0.0189 e. The Bertz CT molecular complexity index is 192. The number of nitrogens with zero attached hydrogens (tertiary/aromatic N) is 1. The van der Waals surface area contributed by atoms with Gasteiger partial charge in [-0.2, -0.15) is 0 Å². The summed E-state index contributed by atoms with van der Waals surface area (Å²) in [6.45, 7) is 10.8. The maximum absolute atomic E-state index is 2.72. The molecule has 0 aromatic carbocycles. The molecule has 1 saturated carbocycles. The van der Waals surface area contributed by atoms with Gasteiger partial charge in [-0.15, -0.1) is 0 Å². The second-order valence-corrected chi connectivity index (χ2v) is 5.89. The predicted octanol–water partition coefficient (Wildman–Crippen LogP) is 2.66. The van der Waals surface area contributed by atoms with Crippen molar-refractivity contribution < 1.29 is 0 Å². The molecule has 2 atom stereocenters. The zero-order valence-electron chi connectivity index (χ0n) is 8.85. The smallest absolute Gasteiger partial charge is 0.0189 e. The van der Waals surface area contributed by atoms with Crippen LogP contribution in [0.1, 0.15) is 47.0 Å². The summed E-state index contributed by atoms with van der Waals surface area (Å²) >= 11 is 0. The Morgan fingerprint density at radius 1 is 1.33 bits per heavy atom. The molecule has 1 aliphatic carbocycles. The van der Waals surface area contributed by atoms with E-state index in [4.69, 9.17) is 0 Å². The van der Waals surface area contributed by atoms with Gasteiger partial charge >= 0.3 is 0 Å². The zero-order chi connectivity index (χ0) is 8.98. The van der Waals surface area contributed by atoms with E-state index < -0.39 is 0 Å². The maximum atomic E-state index is 2.72. The van der Waals surface area contributed by atoms with Crippen molar-refractivity contribution in [1.82, 2.24) is 4.90 Å². The topological polar surface area (TPSA) is 3.24 Å². The van der Waals surface area contributed by atoms with Gasteiger partial charge in [0, 0.05) is 17.6 Å². The summed E-state index contributed by atoms with van der Waals surface area (Å²) in [4.78, 5) is 2.72. The molecule has 0 N–H and O–H groups in total. The molecule has 0 aromatic heterocycles. The quantitative estimate of drug-likeness (QED) is 0.536. The second-order valence-electron chi connectivity index (χ2n) is 5.89. The van der Waals surface area contributed by atoms with Crippen LogP contribution in [-0.2, 0) is 0 Å². The first-order chi connectivity index (χ1) is 5.42.